The molecule has 1 aliphatic rings. The first-order valence-corrected chi connectivity index (χ1v) is 6.74. The third-order valence-electron chi connectivity index (χ3n) is 3.03. The first-order valence-electron chi connectivity index (χ1n) is 5.94. The van der Waals surface area contributed by atoms with Crippen LogP contribution >= 0.6 is 15.9 Å². The van der Waals surface area contributed by atoms with Gasteiger partial charge in [-0.2, -0.15) is 0 Å². The average Bonchev–Trinajstić information content (AvgIpc) is 2.89. The predicted molar refractivity (Wildman–Crippen MR) is 73.3 cm³/mol. The van der Waals surface area contributed by atoms with Crippen LogP contribution in [0.5, 0.6) is 0 Å². The van der Waals surface area contributed by atoms with Gasteiger partial charge >= 0.3 is 0 Å². The highest BCUT2D eigenvalue weighted by Crippen LogP contribution is 2.22. The molecule has 2 aromatic heterocycles. The van der Waals surface area contributed by atoms with E-state index in [1.54, 1.807) is 0 Å². The monoisotopic (exact) mass is 307 g/mol. The molecule has 5 nitrogen and oxygen atoms in total. The fourth-order valence-corrected chi connectivity index (χ4v) is 2.50. The Kier molecular flexibility index (Phi) is 3.29. The minimum absolute atomic E-state index is 0.653. The molecule has 94 valence electrons. The molecule has 18 heavy (non-hydrogen) atoms. The van der Waals surface area contributed by atoms with Crippen molar-refractivity contribution in [2.45, 2.75) is 19.5 Å². The van der Waals surface area contributed by atoms with Gasteiger partial charge in [-0.3, -0.25) is 0 Å². The number of anilines is 1. The summed E-state index contributed by atoms with van der Waals surface area (Å²) in [4.78, 5) is 11.9. The summed E-state index contributed by atoms with van der Waals surface area (Å²) in [6, 6.07) is 2.05. The molecule has 0 fully saturated rings. The summed E-state index contributed by atoms with van der Waals surface area (Å²) in [5.74, 6) is 0.917. The molecule has 3 rings (SSSR count). The number of halogens is 1. The third-order valence-corrected chi connectivity index (χ3v) is 3.38. The Hall–Kier alpha value is -1.40. The van der Waals surface area contributed by atoms with Gasteiger partial charge in [0.2, 0.25) is 0 Å². The summed E-state index contributed by atoms with van der Waals surface area (Å²) >= 11 is 3.37. The lowest BCUT2D eigenvalue weighted by atomic mass is 10.1. The number of aromatic nitrogens is 3. The van der Waals surface area contributed by atoms with Crippen LogP contribution < -0.4 is 10.6 Å². The molecule has 0 aliphatic carbocycles. The van der Waals surface area contributed by atoms with Crippen LogP contribution in [-0.2, 0) is 19.5 Å². The van der Waals surface area contributed by atoms with E-state index in [4.69, 9.17) is 0 Å². The molecule has 2 aromatic rings. The minimum Gasteiger partial charge on any atom is -0.367 e. The molecule has 0 aromatic carbocycles. The summed E-state index contributed by atoms with van der Waals surface area (Å²) in [7, 11) is 0. The third kappa shape index (κ3) is 2.39. The predicted octanol–water partition coefficient (Wildman–Crippen LogP) is 1.82. The smallest absolute Gasteiger partial charge is 0.198 e. The van der Waals surface area contributed by atoms with Crippen molar-refractivity contribution in [3.8, 4) is 0 Å². The molecule has 0 saturated carbocycles. The summed E-state index contributed by atoms with van der Waals surface area (Å²) in [5.41, 5.74) is 3.52. The zero-order chi connectivity index (χ0) is 12.4. The van der Waals surface area contributed by atoms with E-state index in [1.807, 2.05) is 18.5 Å². The van der Waals surface area contributed by atoms with Gasteiger partial charge in [0.25, 0.3) is 0 Å². The Morgan fingerprint density at radius 3 is 3.17 bits per heavy atom. The van der Waals surface area contributed by atoms with E-state index in [1.165, 1.54) is 11.1 Å². The van der Waals surface area contributed by atoms with Gasteiger partial charge in [-0.25, -0.2) is 9.97 Å². The summed E-state index contributed by atoms with van der Waals surface area (Å²) in [5, 5.41) is 6.73. The van der Waals surface area contributed by atoms with Gasteiger partial charge in [0.05, 0.1) is 5.69 Å². The Morgan fingerprint density at radius 2 is 2.33 bits per heavy atom. The first-order chi connectivity index (χ1) is 8.83. The van der Waals surface area contributed by atoms with Crippen molar-refractivity contribution >= 4 is 21.7 Å². The standard InChI is InChI=1S/C12H14BrN5/c13-12-17-10-2-4-15-7-9(10)11(18-12)16-6-8-1-3-14-5-8/h1,3,5,14-15H,2,4,6-7H2,(H,16,17,18). The van der Waals surface area contributed by atoms with E-state index >= 15 is 0 Å². The van der Waals surface area contributed by atoms with E-state index in [0.717, 1.165) is 37.6 Å². The molecule has 0 saturated heterocycles. The zero-order valence-electron chi connectivity index (χ0n) is 9.83. The molecule has 6 heteroatoms. The lowest BCUT2D eigenvalue weighted by Gasteiger charge is -2.19. The van der Waals surface area contributed by atoms with Crippen LogP contribution in [0.4, 0.5) is 5.82 Å². The molecule has 0 spiro atoms. The van der Waals surface area contributed by atoms with Crippen molar-refractivity contribution in [2.24, 2.45) is 0 Å². The molecule has 0 bridgehead atoms. The van der Waals surface area contributed by atoms with Crippen molar-refractivity contribution in [1.29, 1.82) is 0 Å². The van der Waals surface area contributed by atoms with Crippen molar-refractivity contribution in [3.05, 3.63) is 40.0 Å². The number of rotatable bonds is 3. The van der Waals surface area contributed by atoms with Crippen LogP contribution in [0.15, 0.2) is 23.2 Å². The molecule has 0 unspecified atom stereocenters. The van der Waals surface area contributed by atoms with E-state index in [9.17, 15) is 0 Å². The van der Waals surface area contributed by atoms with Gasteiger partial charge in [-0.05, 0) is 27.6 Å². The lowest BCUT2D eigenvalue weighted by molar-refractivity contribution is 0.625. The van der Waals surface area contributed by atoms with Gasteiger partial charge in [0, 0.05) is 44.0 Å². The van der Waals surface area contributed by atoms with Crippen LogP contribution in [0.3, 0.4) is 0 Å². The maximum absolute atomic E-state index is 4.44. The largest absolute Gasteiger partial charge is 0.367 e. The SMILES string of the molecule is Brc1nc2c(c(NCc3cc[nH]c3)n1)CNCC2. The van der Waals surface area contributed by atoms with Gasteiger partial charge in [-0.1, -0.05) is 0 Å². The van der Waals surface area contributed by atoms with Crippen LogP contribution in [-0.4, -0.2) is 21.5 Å². The first kappa shape index (κ1) is 11.7. The molecule has 3 heterocycles. The van der Waals surface area contributed by atoms with Crippen molar-refractivity contribution in [2.75, 3.05) is 11.9 Å². The van der Waals surface area contributed by atoms with E-state index < -0.39 is 0 Å². The summed E-state index contributed by atoms with van der Waals surface area (Å²) in [6.45, 7) is 2.57. The van der Waals surface area contributed by atoms with E-state index in [2.05, 4.69) is 41.5 Å². The van der Waals surface area contributed by atoms with Crippen molar-refractivity contribution in [3.63, 3.8) is 0 Å². The Labute approximate surface area is 114 Å². The van der Waals surface area contributed by atoms with Gasteiger partial charge in [0.1, 0.15) is 5.82 Å². The molecule has 3 N–H and O–H groups in total. The maximum Gasteiger partial charge on any atom is 0.198 e. The quantitative estimate of drug-likeness (QED) is 0.757. The maximum atomic E-state index is 4.44. The van der Waals surface area contributed by atoms with Gasteiger partial charge < -0.3 is 15.6 Å². The molecule has 0 atom stereocenters. The van der Waals surface area contributed by atoms with Crippen molar-refractivity contribution in [1.82, 2.24) is 20.3 Å². The summed E-state index contributed by atoms with van der Waals surface area (Å²) in [6.07, 6.45) is 4.85. The Bertz CT molecular complexity index is 538. The number of H-pyrrole nitrogens is 1. The second-order valence-electron chi connectivity index (χ2n) is 4.27. The molecule has 0 amide bonds. The van der Waals surface area contributed by atoms with Crippen LogP contribution in [0.25, 0.3) is 0 Å². The fraction of sp³-hybridized carbons (Fsp3) is 0.333. The second kappa shape index (κ2) is 5.07. The van der Waals surface area contributed by atoms with Crippen LogP contribution in [0.2, 0.25) is 0 Å². The van der Waals surface area contributed by atoms with Crippen LogP contribution in [0, 0.1) is 0 Å². The molecular weight excluding hydrogens is 294 g/mol. The average molecular weight is 308 g/mol. The van der Waals surface area contributed by atoms with Crippen molar-refractivity contribution < 1.29 is 0 Å². The number of nitrogens with one attached hydrogen (secondary N) is 3. The number of hydrogen-bond acceptors (Lipinski definition) is 4. The number of hydrogen-bond donors (Lipinski definition) is 3. The van der Waals surface area contributed by atoms with Crippen LogP contribution in [0.1, 0.15) is 16.8 Å². The summed E-state index contributed by atoms with van der Waals surface area (Å²) < 4.78 is 0.653. The molecule has 1 aliphatic heterocycles. The number of fused-ring (bicyclic) bond motifs is 1. The number of aromatic amines is 1. The fourth-order valence-electron chi connectivity index (χ4n) is 2.11. The molecule has 0 radical (unpaired) electrons. The highest BCUT2D eigenvalue weighted by Gasteiger charge is 2.16. The lowest BCUT2D eigenvalue weighted by Crippen LogP contribution is -2.26. The highest BCUT2D eigenvalue weighted by molar-refractivity contribution is 9.10. The van der Waals surface area contributed by atoms with Gasteiger partial charge in [0.15, 0.2) is 4.73 Å². The van der Waals surface area contributed by atoms with Gasteiger partial charge in [-0.15, -0.1) is 0 Å². The molecular formula is C12H14BrN5. The second-order valence-corrected chi connectivity index (χ2v) is 4.98. The topological polar surface area (TPSA) is 65.6 Å². The Morgan fingerprint density at radius 1 is 1.39 bits per heavy atom. The zero-order valence-corrected chi connectivity index (χ0v) is 11.4. The minimum atomic E-state index is 0.653. The normalized spacial score (nSPS) is 14.3. The van der Waals surface area contributed by atoms with E-state index in [0.29, 0.717) is 4.73 Å². The van der Waals surface area contributed by atoms with E-state index in [-0.39, 0.29) is 0 Å². The Balaban J connectivity index is 1.84. The highest BCUT2D eigenvalue weighted by atomic mass is 79.9. The number of nitrogens with zero attached hydrogens (tertiary/aromatic N) is 2.